The van der Waals surface area contributed by atoms with E-state index in [-0.39, 0.29) is 6.61 Å². The van der Waals surface area contributed by atoms with E-state index in [9.17, 15) is 5.11 Å². The summed E-state index contributed by atoms with van der Waals surface area (Å²) in [6, 6.07) is 6.06. The molecule has 1 aliphatic carbocycles. The summed E-state index contributed by atoms with van der Waals surface area (Å²) < 4.78 is 5.77. The smallest absolute Gasteiger partial charge is 0.209 e. The lowest BCUT2D eigenvalue weighted by Gasteiger charge is -2.26. The second-order valence-corrected chi connectivity index (χ2v) is 5.47. The van der Waals surface area contributed by atoms with Crippen molar-refractivity contribution in [3.05, 3.63) is 24.1 Å². The van der Waals surface area contributed by atoms with E-state index < -0.39 is 0 Å². The molecule has 5 nitrogen and oxygen atoms in total. The van der Waals surface area contributed by atoms with E-state index in [1.54, 1.807) is 6.07 Å². The quantitative estimate of drug-likeness (QED) is 0.818. The molecule has 5 heteroatoms. The molecule has 1 fully saturated rings. The third-order valence-corrected chi connectivity index (χ3v) is 4.02. The predicted molar refractivity (Wildman–Crippen MR) is 78.2 cm³/mol. The lowest BCUT2D eigenvalue weighted by atomic mass is 10.2. The molecule has 0 bridgehead atoms. The first kappa shape index (κ1) is 13.4. The molecule has 2 aromatic rings. The average Bonchev–Trinajstić information content (AvgIpc) is 3.06. The van der Waals surface area contributed by atoms with Gasteiger partial charge in [-0.15, -0.1) is 0 Å². The summed E-state index contributed by atoms with van der Waals surface area (Å²) in [5, 5.41) is 9.24. The Morgan fingerprint density at radius 1 is 1.35 bits per heavy atom. The summed E-state index contributed by atoms with van der Waals surface area (Å²) in [4.78, 5) is 6.78. The molecule has 1 heterocycles. The van der Waals surface area contributed by atoms with E-state index in [1.807, 2.05) is 12.1 Å². The Kier molecular flexibility index (Phi) is 3.89. The summed E-state index contributed by atoms with van der Waals surface area (Å²) in [6.45, 7) is 1.50. The number of fused-ring (bicyclic) bond motifs is 1. The molecular formula is C15H21N3O2. The minimum atomic E-state index is 0.170. The van der Waals surface area contributed by atoms with Crippen molar-refractivity contribution < 1.29 is 9.52 Å². The number of hydrogen-bond donors (Lipinski definition) is 2. The zero-order valence-electron chi connectivity index (χ0n) is 11.6. The average molecular weight is 275 g/mol. The van der Waals surface area contributed by atoms with E-state index in [0.29, 0.717) is 30.7 Å². The SMILES string of the molecule is Nc1ccc2nc(CN(CCO)C3CCCC3)oc2c1. The van der Waals surface area contributed by atoms with Crippen LogP contribution in [0.15, 0.2) is 22.6 Å². The van der Waals surface area contributed by atoms with Gasteiger partial charge >= 0.3 is 0 Å². The fraction of sp³-hybridized carbons (Fsp3) is 0.533. The van der Waals surface area contributed by atoms with Gasteiger partial charge in [-0.1, -0.05) is 12.8 Å². The van der Waals surface area contributed by atoms with Crippen LogP contribution in [-0.4, -0.2) is 34.2 Å². The molecular weight excluding hydrogens is 254 g/mol. The zero-order valence-corrected chi connectivity index (χ0v) is 11.6. The van der Waals surface area contributed by atoms with Crippen LogP contribution in [0.3, 0.4) is 0 Å². The summed E-state index contributed by atoms with van der Waals surface area (Å²) in [7, 11) is 0. The molecule has 0 radical (unpaired) electrons. The lowest BCUT2D eigenvalue weighted by molar-refractivity contribution is 0.134. The first-order valence-corrected chi connectivity index (χ1v) is 7.26. The van der Waals surface area contributed by atoms with Crippen LogP contribution in [0.2, 0.25) is 0 Å². The molecule has 1 aromatic carbocycles. The fourth-order valence-corrected chi connectivity index (χ4v) is 3.02. The largest absolute Gasteiger partial charge is 0.439 e. The maximum absolute atomic E-state index is 9.24. The number of rotatable bonds is 5. The molecule has 108 valence electrons. The topological polar surface area (TPSA) is 75.5 Å². The van der Waals surface area contributed by atoms with Crippen LogP contribution in [0.25, 0.3) is 11.1 Å². The van der Waals surface area contributed by atoms with Gasteiger partial charge in [-0.05, 0) is 25.0 Å². The predicted octanol–water partition coefficient (Wildman–Crippen LogP) is 2.15. The molecule has 0 aliphatic heterocycles. The van der Waals surface area contributed by atoms with E-state index in [2.05, 4.69) is 9.88 Å². The molecule has 0 amide bonds. The number of benzene rings is 1. The molecule has 1 aromatic heterocycles. The van der Waals surface area contributed by atoms with E-state index >= 15 is 0 Å². The van der Waals surface area contributed by atoms with Gasteiger partial charge in [0, 0.05) is 24.3 Å². The summed E-state index contributed by atoms with van der Waals surface area (Å²) in [5.41, 5.74) is 8.00. The molecule has 0 saturated heterocycles. The van der Waals surface area contributed by atoms with Gasteiger partial charge in [0.15, 0.2) is 5.58 Å². The summed E-state index contributed by atoms with van der Waals surface area (Å²) in [5.74, 6) is 0.700. The molecule has 3 rings (SSSR count). The molecule has 1 aliphatic rings. The molecule has 3 N–H and O–H groups in total. The van der Waals surface area contributed by atoms with Crippen molar-refractivity contribution in [2.75, 3.05) is 18.9 Å². The van der Waals surface area contributed by atoms with E-state index in [1.165, 1.54) is 25.7 Å². The van der Waals surface area contributed by atoms with Gasteiger partial charge in [0.1, 0.15) is 5.52 Å². The summed E-state index contributed by atoms with van der Waals surface area (Å²) in [6.07, 6.45) is 4.95. The normalized spacial score (nSPS) is 16.5. The number of aliphatic hydroxyl groups excluding tert-OH is 1. The van der Waals surface area contributed by atoms with Crippen LogP contribution < -0.4 is 5.73 Å². The van der Waals surface area contributed by atoms with Gasteiger partial charge in [0.2, 0.25) is 5.89 Å². The minimum Gasteiger partial charge on any atom is -0.439 e. The van der Waals surface area contributed by atoms with Crippen molar-refractivity contribution in [3.63, 3.8) is 0 Å². The number of aliphatic hydroxyl groups is 1. The van der Waals surface area contributed by atoms with Gasteiger partial charge in [-0.3, -0.25) is 4.90 Å². The standard InChI is InChI=1S/C15H21N3O2/c16-11-5-6-13-14(9-11)20-15(17-13)10-18(7-8-19)12-3-1-2-4-12/h5-6,9,12,19H,1-4,7-8,10,16H2. The lowest BCUT2D eigenvalue weighted by Crippen LogP contribution is -2.35. The van der Waals surface area contributed by atoms with Crippen molar-refractivity contribution in [3.8, 4) is 0 Å². The highest BCUT2D eigenvalue weighted by molar-refractivity contribution is 5.76. The molecule has 0 atom stereocenters. The monoisotopic (exact) mass is 275 g/mol. The highest BCUT2D eigenvalue weighted by Gasteiger charge is 2.23. The highest BCUT2D eigenvalue weighted by atomic mass is 16.3. The first-order valence-electron chi connectivity index (χ1n) is 7.26. The van der Waals surface area contributed by atoms with E-state index in [0.717, 1.165) is 11.1 Å². The van der Waals surface area contributed by atoms with Crippen molar-refractivity contribution in [2.24, 2.45) is 0 Å². The summed E-state index contributed by atoms with van der Waals surface area (Å²) >= 11 is 0. The molecule has 0 spiro atoms. The van der Waals surface area contributed by atoms with Crippen LogP contribution >= 0.6 is 0 Å². The first-order chi connectivity index (χ1) is 9.76. The van der Waals surface area contributed by atoms with Crippen LogP contribution in [0.4, 0.5) is 5.69 Å². The van der Waals surface area contributed by atoms with Gasteiger partial charge in [0.25, 0.3) is 0 Å². The Balaban J connectivity index is 1.78. The van der Waals surface area contributed by atoms with Crippen LogP contribution in [0.1, 0.15) is 31.6 Å². The number of anilines is 1. The maximum Gasteiger partial charge on any atom is 0.209 e. The number of aromatic nitrogens is 1. The van der Waals surface area contributed by atoms with Crippen molar-refractivity contribution >= 4 is 16.8 Å². The van der Waals surface area contributed by atoms with Gasteiger partial charge in [-0.2, -0.15) is 0 Å². The Labute approximate surface area is 118 Å². The Hall–Kier alpha value is -1.59. The number of oxazole rings is 1. The fourth-order valence-electron chi connectivity index (χ4n) is 3.02. The van der Waals surface area contributed by atoms with Gasteiger partial charge in [-0.25, -0.2) is 4.98 Å². The maximum atomic E-state index is 9.24. The third-order valence-electron chi connectivity index (χ3n) is 4.02. The third kappa shape index (κ3) is 2.78. The minimum absolute atomic E-state index is 0.170. The molecule has 0 unspecified atom stereocenters. The van der Waals surface area contributed by atoms with Crippen LogP contribution in [0.5, 0.6) is 0 Å². The van der Waals surface area contributed by atoms with Crippen molar-refractivity contribution in [2.45, 2.75) is 38.3 Å². The van der Waals surface area contributed by atoms with Crippen LogP contribution in [0, 0.1) is 0 Å². The van der Waals surface area contributed by atoms with Crippen LogP contribution in [-0.2, 0) is 6.54 Å². The second kappa shape index (κ2) is 5.81. The number of nitrogens with zero attached hydrogens (tertiary/aromatic N) is 2. The number of nitrogen functional groups attached to an aromatic ring is 1. The second-order valence-electron chi connectivity index (χ2n) is 5.47. The van der Waals surface area contributed by atoms with E-state index in [4.69, 9.17) is 10.2 Å². The van der Waals surface area contributed by atoms with Gasteiger partial charge in [0.05, 0.1) is 13.2 Å². The zero-order chi connectivity index (χ0) is 13.9. The van der Waals surface area contributed by atoms with Crippen molar-refractivity contribution in [1.82, 2.24) is 9.88 Å². The number of nitrogens with two attached hydrogens (primary N) is 1. The Bertz CT molecular complexity index is 576. The molecule has 1 saturated carbocycles. The Morgan fingerprint density at radius 3 is 2.90 bits per heavy atom. The van der Waals surface area contributed by atoms with Crippen molar-refractivity contribution in [1.29, 1.82) is 0 Å². The molecule has 20 heavy (non-hydrogen) atoms. The van der Waals surface area contributed by atoms with Gasteiger partial charge < -0.3 is 15.3 Å². The Morgan fingerprint density at radius 2 is 2.15 bits per heavy atom. The number of hydrogen-bond acceptors (Lipinski definition) is 5. The highest BCUT2D eigenvalue weighted by Crippen LogP contribution is 2.26.